The third-order valence-corrected chi connectivity index (χ3v) is 3.55. The van der Waals surface area contributed by atoms with Gasteiger partial charge in [-0.2, -0.15) is 0 Å². The molecule has 2 aromatic rings. The number of halogens is 1. The molecule has 1 aromatic carbocycles. The van der Waals surface area contributed by atoms with Crippen LogP contribution in [-0.4, -0.2) is 26.7 Å². The molecule has 1 heterocycles. The van der Waals surface area contributed by atoms with Gasteiger partial charge in [-0.15, -0.1) is 0 Å². The average molecular weight is 296 g/mol. The van der Waals surface area contributed by atoms with E-state index in [1.165, 1.54) is 0 Å². The monoisotopic (exact) mass is 295 g/mol. The van der Waals surface area contributed by atoms with Crippen molar-refractivity contribution in [3.8, 4) is 0 Å². The zero-order chi connectivity index (χ0) is 14.7. The third kappa shape index (κ3) is 3.11. The first-order valence-electron chi connectivity index (χ1n) is 6.60. The van der Waals surface area contributed by atoms with Crippen LogP contribution in [0.2, 0.25) is 5.02 Å². The van der Waals surface area contributed by atoms with Crippen molar-refractivity contribution < 1.29 is 9.90 Å². The van der Waals surface area contributed by atoms with Crippen molar-refractivity contribution >= 4 is 28.6 Å². The normalized spacial score (nSPS) is 12.8. The van der Waals surface area contributed by atoms with Gasteiger partial charge in [-0.25, -0.2) is 4.98 Å². The van der Waals surface area contributed by atoms with Crippen LogP contribution < -0.4 is 5.32 Å². The van der Waals surface area contributed by atoms with Crippen LogP contribution in [0.15, 0.2) is 18.2 Å². The molecule has 0 saturated heterocycles. The van der Waals surface area contributed by atoms with E-state index in [1.54, 1.807) is 6.07 Å². The molecule has 5 nitrogen and oxygen atoms in total. The van der Waals surface area contributed by atoms with E-state index >= 15 is 0 Å². The number of fused-ring (bicyclic) bond motifs is 1. The molecule has 1 aromatic heterocycles. The highest BCUT2D eigenvalue weighted by atomic mass is 35.5. The second-order valence-corrected chi connectivity index (χ2v) is 5.22. The summed E-state index contributed by atoms with van der Waals surface area (Å²) >= 11 is 5.95. The smallest absolute Gasteiger partial charge is 0.320 e. The van der Waals surface area contributed by atoms with E-state index in [9.17, 15) is 4.79 Å². The van der Waals surface area contributed by atoms with Gasteiger partial charge >= 0.3 is 5.97 Å². The van der Waals surface area contributed by atoms with E-state index in [-0.39, 0.29) is 0 Å². The predicted molar refractivity (Wildman–Crippen MR) is 78.9 cm³/mol. The molecule has 0 aliphatic rings. The zero-order valence-corrected chi connectivity index (χ0v) is 12.3. The van der Waals surface area contributed by atoms with Crippen LogP contribution >= 0.6 is 11.6 Å². The lowest BCUT2D eigenvalue weighted by molar-refractivity contribution is -0.139. The quantitative estimate of drug-likeness (QED) is 0.859. The maximum atomic E-state index is 11.1. The van der Waals surface area contributed by atoms with Crippen molar-refractivity contribution in [2.45, 2.75) is 32.4 Å². The van der Waals surface area contributed by atoms with Gasteiger partial charge in [0, 0.05) is 12.1 Å². The summed E-state index contributed by atoms with van der Waals surface area (Å²) in [5, 5.41) is 12.8. The number of aliphatic carboxylic acids is 1. The Morgan fingerprint density at radius 2 is 2.30 bits per heavy atom. The lowest BCUT2D eigenvalue weighted by atomic mass is 10.2. The molecule has 20 heavy (non-hydrogen) atoms. The number of benzene rings is 1. The first kappa shape index (κ1) is 14.8. The van der Waals surface area contributed by atoms with E-state index < -0.39 is 12.0 Å². The van der Waals surface area contributed by atoms with Crippen LogP contribution in [0.4, 0.5) is 0 Å². The summed E-state index contributed by atoms with van der Waals surface area (Å²) in [5.74, 6) is -0.0294. The number of carboxylic acids is 1. The van der Waals surface area contributed by atoms with Gasteiger partial charge in [0.15, 0.2) is 0 Å². The summed E-state index contributed by atoms with van der Waals surface area (Å²) in [4.78, 5) is 15.6. The maximum absolute atomic E-state index is 11.1. The SMILES string of the molecule is CCCC(NCc1nc2cc(Cl)ccc2n1C)C(=O)O. The molecule has 1 atom stereocenters. The Morgan fingerprint density at radius 3 is 2.95 bits per heavy atom. The largest absolute Gasteiger partial charge is 0.480 e. The fourth-order valence-electron chi connectivity index (χ4n) is 2.20. The van der Waals surface area contributed by atoms with Gasteiger partial charge < -0.3 is 9.67 Å². The number of aromatic nitrogens is 2. The fourth-order valence-corrected chi connectivity index (χ4v) is 2.36. The fraction of sp³-hybridized carbons (Fsp3) is 0.429. The molecule has 0 spiro atoms. The van der Waals surface area contributed by atoms with Gasteiger partial charge in [0.1, 0.15) is 11.9 Å². The number of carbonyl (C=O) groups is 1. The number of nitrogens with zero attached hydrogens (tertiary/aromatic N) is 2. The Hall–Kier alpha value is -1.59. The molecule has 0 bridgehead atoms. The highest BCUT2D eigenvalue weighted by Gasteiger charge is 2.17. The Labute approximate surface area is 122 Å². The highest BCUT2D eigenvalue weighted by molar-refractivity contribution is 6.31. The molecule has 6 heteroatoms. The maximum Gasteiger partial charge on any atom is 0.320 e. The van der Waals surface area contributed by atoms with Crippen LogP contribution in [0.1, 0.15) is 25.6 Å². The van der Waals surface area contributed by atoms with Crippen LogP contribution in [0.25, 0.3) is 11.0 Å². The minimum atomic E-state index is -0.825. The van der Waals surface area contributed by atoms with Gasteiger partial charge in [-0.05, 0) is 24.6 Å². The van der Waals surface area contributed by atoms with Gasteiger partial charge in [0.2, 0.25) is 0 Å². The van der Waals surface area contributed by atoms with Crippen molar-refractivity contribution in [3.05, 3.63) is 29.0 Å². The minimum Gasteiger partial charge on any atom is -0.480 e. The summed E-state index contributed by atoms with van der Waals surface area (Å²) in [6.45, 7) is 2.38. The van der Waals surface area contributed by atoms with Gasteiger partial charge in [0.05, 0.1) is 17.6 Å². The van der Waals surface area contributed by atoms with E-state index in [0.717, 1.165) is 23.3 Å². The number of nitrogens with one attached hydrogen (secondary N) is 1. The molecule has 0 radical (unpaired) electrons. The number of rotatable bonds is 6. The molecule has 108 valence electrons. The second-order valence-electron chi connectivity index (χ2n) is 4.78. The lowest BCUT2D eigenvalue weighted by Crippen LogP contribution is -2.36. The molecule has 0 saturated carbocycles. The van der Waals surface area contributed by atoms with E-state index in [1.807, 2.05) is 30.7 Å². The molecular formula is C14H18ClN3O2. The molecule has 1 unspecified atom stereocenters. The topological polar surface area (TPSA) is 67.2 Å². The first-order valence-corrected chi connectivity index (χ1v) is 6.97. The average Bonchev–Trinajstić information content (AvgIpc) is 2.70. The van der Waals surface area contributed by atoms with Crippen molar-refractivity contribution in [1.29, 1.82) is 0 Å². The van der Waals surface area contributed by atoms with Crippen LogP contribution in [0, 0.1) is 0 Å². The lowest BCUT2D eigenvalue weighted by Gasteiger charge is -2.13. The van der Waals surface area contributed by atoms with Crippen molar-refractivity contribution in [1.82, 2.24) is 14.9 Å². The number of aryl methyl sites for hydroxylation is 1. The Bertz CT molecular complexity index is 624. The van der Waals surface area contributed by atoms with Crippen molar-refractivity contribution in [2.75, 3.05) is 0 Å². The molecular weight excluding hydrogens is 278 g/mol. The summed E-state index contributed by atoms with van der Waals surface area (Å²) < 4.78 is 1.95. The number of hydrogen-bond acceptors (Lipinski definition) is 3. The third-order valence-electron chi connectivity index (χ3n) is 3.32. The first-order chi connectivity index (χ1) is 9.52. The number of imidazole rings is 1. The molecule has 0 aliphatic carbocycles. The van der Waals surface area contributed by atoms with Crippen molar-refractivity contribution in [3.63, 3.8) is 0 Å². The Kier molecular flexibility index (Phi) is 4.62. The van der Waals surface area contributed by atoms with Crippen LogP contribution in [0.5, 0.6) is 0 Å². The molecule has 2 N–H and O–H groups in total. The Balaban J connectivity index is 2.17. The number of hydrogen-bond donors (Lipinski definition) is 2. The van der Waals surface area contributed by atoms with Gasteiger partial charge in [0.25, 0.3) is 0 Å². The van der Waals surface area contributed by atoms with Crippen LogP contribution in [-0.2, 0) is 18.4 Å². The summed E-state index contributed by atoms with van der Waals surface area (Å²) in [5.41, 5.74) is 1.80. The predicted octanol–water partition coefficient (Wildman–Crippen LogP) is 2.57. The number of carboxylic acid groups (broad SMARTS) is 1. The van der Waals surface area contributed by atoms with Gasteiger partial charge in [-0.3, -0.25) is 10.1 Å². The summed E-state index contributed by atoms with van der Waals surface area (Å²) in [6.07, 6.45) is 1.42. The summed E-state index contributed by atoms with van der Waals surface area (Å²) in [7, 11) is 1.91. The van der Waals surface area contributed by atoms with Gasteiger partial charge in [-0.1, -0.05) is 24.9 Å². The zero-order valence-electron chi connectivity index (χ0n) is 11.6. The highest BCUT2D eigenvalue weighted by Crippen LogP contribution is 2.19. The molecule has 0 fully saturated rings. The van der Waals surface area contributed by atoms with E-state index in [4.69, 9.17) is 16.7 Å². The van der Waals surface area contributed by atoms with Crippen LogP contribution in [0.3, 0.4) is 0 Å². The second kappa shape index (κ2) is 6.24. The molecule has 0 aliphatic heterocycles. The Morgan fingerprint density at radius 1 is 1.55 bits per heavy atom. The molecule has 0 amide bonds. The van der Waals surface area contributed by atoms with E-state index in [2.05, 4.69) is 10.3 Å². The van der Waals surface area contributed by atoms with E-state index in [0.29, 0.717) is 18.0 Å². The standard InChI is InChI=1S/C14H18ClN3O2/c1-3-4-10(14(19)20)16-8-13-17-11-7-9(15)5-6-12(11)18(13)2/h5-7,10,16H,3-4,8H2,1-2H3,(H,19,20). The van der Waals surface area contributed by atoms with Crippen molar-refractivity contribution in [2.24, 2.45) is 7.05 Å². The molecule has 2 rings (SSSR count). The minimum absolute atomic E-state index is 0.416. The summed E-state index contributed by atoms with van der Waals surface area (Å²) in [6, 6.07) is 5.00.